The smallest absolute Gasteiger partial charge is 0.315 e. The minimum Gasteiger partial charge on any atom is -0.370 e. The van der Waals surface area contributed by atoms with Crippen LogP contribution in [0, 0.1) is 0 Å². The number of fused-ring (bicyclic) bond motifs is 2. The first-order valence-corrected chi connectivity index (χ1v) is 11.6. The Kier molecular flexibility index (Phi) is 5.03. The van der Waals surface area contributed by atoms with E-state index in [1.165, 1.54) is 25.8 Å². The molecular weight excluding hydrogens is 398 g/mol. The molecule has 2 N–H and O–H groups in total. The number of carbonyl (C=O) groups excluding carboxylic acids is 2. The minimum atomic E-state index is -0.494. The molecule has 0 radical (unpaired) electrons. The third kappa shape index (κ3) is 3.30. The molecule has 30 heavy (non-hydrogen) atoms. The fraction of sp³-hybridized carbons (Fsp3) is 0.478. The van der Waals surface area contributed by atoms with E-state index in [1.54, 1.807) is 0 Å². The van der Waals surface area contributed by atoms with Crippen molar-refractivity contribution in [3.05, 3.63) is 46.8 Å². The number of rotatable bonds is 2. The predicted octanol–water partition coefficient (Wildman–Crippen LogP) is 3.35. The average Bonchev–Trinajstić information content (AvgIpc) is 3.43. The van der Waals surface area contributed by atoms with Gasteiger partial charge in [0.2, 0.25) is 5.91 Å². The molecule has 2 fully saturated rings. The Hall–Kier alpha value is -2.38. The van der Waals surface area contributed by atoms with Gasteiger partial charge >= 0.3 is 6.03 Å². The highest BCUT2D eigenvalue weighted by molar-refractivity contribution is 7.15. The lowest BCUT2D eigenvalue weighted by Gasteiger charge is -2.44. The quantitative estimate of drug-likeness (QED) is 0.802. The summed E-state index contributed by atoms with van der Waals surface area (Å²) in [6.07, 6.45) is 4.07. The first-order valence-electron chi connectivity index (χ1n) is 10.7. The number of thiophene rings is 1. The standard InChI is InChI=1S/C23H27N3O3S/c24-22(28)26-11-4-7-18(26)21(27)25-12-9-23(10-13-25)17-15-20(16-5-2-1-3-6-16)30-19(17)8-14-29-23/h1-3,5-6,15,18H,4,7-14H2,(H2,24,28)/t18-/m0/s1. The molecule has 4 heterocycles. The van der Waals surface area contributed by atoms with Crippen LogP contribution in [0.15, 0.2) is 36.4 Å². The van der Waals surface area contributed by atoms with Crippen LogP contribution in [-0.2, 0) is 21.6 Å². The summed E-state index contributed by atoms with van der Waals surface area (Å²) in [6, 6.07) is 11.9. The second-order valence-corrected chi connectivity index (χ2v) is 9.56. The van der Waals surface area contributed by atoms with Crippen molar-refractivity contribution in [2.24, 2.45) is 5.73 Å². The molecule has 0 bridgehead atoms. The Labute approximate surface area is 180 Å². The monoisotopic (exact) mass is 425 g/mol. The van der Waals surface area contributed by atoms with E-state index in [1.807, 2.05) is 22.3 Å². The normalized spacial score (nSPS) is 22.9. The van der Waals surface area contributed by atoms with E-state index in [0.717, 1.165) is 32.3 Å². The van der Waals surface area contributed by atoms with E-state index in [-0.39, 0.29) is 11.5 Å². The van der Waals surface area contributed by atoms with Crippen molar-refractivity contribution in [1.82, 2.24) is 9.80 Å². The molecule has 1 spiro atoms. The second kappa shape index (κ2) is 7.71. The number of nitrogens with two attached hydrogens (primary N) is 1. The highest BCUT2D eigenvalue weighted by atomic mass is 32.1. The minimum absolute atomic E-state index is 0.0347. The van der Waals surface area contributed by atoms with Gasteiger partial charge < -0.3 is 20.3 Å². The van der Waals surface area contributed by atoms with Crippen LogP contribution in [0.5, 0.6) is 0 Å². The average molecular weight is 426 g/mol. The maximum Gasteiger partial charge on any atom is 0.315 e. The van der Waals surface area contributed by atoms with Gasteiger partial charge in [0.1, 0.15) is 6.04 Å². The van der Waals surface area contributed by atoms with Crippen LogP contribution in [-0.4, -0.2) is 54.0 Å². The van der Waals surface area contributed by atoms with Crippen LogP contribution in [0.4, 0.5) is 4.79 Å². The Bertz CT molecular complexity index is 950. The summed E-state index contributed by atoms with van der Waals surface area (Å²) in [5, 5.41) is 0. The molecule has 1 atom stereocenters. The Morgan fingerprint density at radius 1 is 1.13 bits per heavy atom. The first kappa shape index (κ1) is 19.6. The summed E-state index contributed by atoms with van der Waals surface area (Å²) in [5.41, 5.74) is 7.72. The number of primary amides is 1. The van der Waals surface area contributed by atoms with Gasteiger partial charge in [0, 0.05) is 35.8 Å². The van der Waals surface area contributed by atoms with Gasteiger partial charge in [0.05, 0.1) is 12.2 Å². The van der Waals surface area contributed by atoms with E-state index in [4.69, 9.17) is 10.5 Å². The summed E-state index contributed by atoms with van der Waals surface area (Å²) in [6.45, 7) is 2.61. The molecular formula is C23H27N3O3S. The fourth-order valence-electron chi connectivity index (χ4n) is 5.16. The number of likely N-dealkylation sites (tertiary alicyclic amines) is 2. The number of ether oxygens (including phenoxy) is 1. The van der Waals surface area contributed by atoms with Crippen molar-refractivity contribution in [2.45, 2.75) is 43.7 Å². The molecule has 3 amide bonds. The number of benzene rings is 1. The van der Waals surface area contributed by atoms with E-state index >= 15 is 0 Å². The lowest BCUT2D eigenvalue weighted by atomic mass is 9.82. The Morgan fingerprint density at radius 3 is 2.63 bits per heavy atom. The van der Waals surface area contributed by atoms with Crippen LogP contribution < -0.4 is 5.73 Å². The lowest BCUT2D eigenvalue weighted by molar-refractivity contribution is -0.144. The number of hydrogen-bond acceptors (Lipinski definition) is 4. The molecule has 7 heteroatoms. The SMILES string of the molecule is NC(=O)N1CCC[C@H]1C(=O)N1CCC2(CC1)OCCc1sc(-c3ccccc3)cc12. The van der Waals surface area contributed by atoms with Crippen LogP contribution in [0.3, 0.4) is 0 Å². The molecule has 0 aliphatic carbocycles. The molecule has 2 saturated heterocycles. The van der Waals surface area contributed by atoms with Gasteiger partial charge in [-0.2, -0.15) is 0 Å². The highest BCUT2D eigenvalue weighted by Crippen LogP contribution is 2.46. The lowest BCUT2D eigenvalue weighted by Crippen LogP contribution is -2.54. The van der Waals surface area contributed by atoms with Crippen molar-refractivity contribution in [3.8, 4) is 10.4 Å². The van der Waals surface area contributed by atoms with Gasteiger partial charge in [0.15, 0.2) is 0 Å². The number of piperidine rings is 1. The van der Waals surface area contributed by atoms with Crippen LogP contribution in [0.2, 0.25) is 0 Å². The largest absolute Gasteiger partial charge is 0.370 e. The summed E-state index contributed by atoms with van der Waals surface area (Å²) >= 11 is 1.87. The summed E-state index contributed by atoms with van der Waals surface area (Å²) < 4.78 is 6.38. The van der Waals surface area contributed by atoms with E-state index in [2.05, 4.69) is 30.3 Å². The molecule has 1 aromatic carbocycles. The van der Waals surface area contributed by atoms with Crippen LogP contribution in [0.25, 0.3) is 10.4 Å². The maximum absolute atomic E-state index is 13.1. The summed E-state index contributed by atoms with van der Waals surface area (Å²) in [7, 11) is 0. The molecule has 6 nitrogen and oxygen atoms in total. The van der Waals surface area contributed by atoms with E-state index in [0.29, 0.717) is 26.1 Å². The zero-order chi connectivity index (χ0) is 20.7. The molecule has 3 aliphatic rings. The molecule has 0 saturated carbocycles. The van der Waals surface area contributed by atoms with E-state index in [9.17, 15) is 9.59 Å². The van der Waals surface area contributed by atoms with Crippen molar-refractivity contribution in [1.29, 1.82) is 0 Å². The number of hydrogen-bond donors (Lipinski definition) is 1. The van der Waals surface area contributed by atoms with Crippen molar-refractivity contribution >= 4 is 23.3 Å². The number of nitrogens with zero attached hydrogens (tertiary/aromatic N) is 2. The zero-order valence-corrected chi connectivity index (χ0v) is 17.8. The molecule has 3 aliphatic heterocycles. The maximum atomic E-state index is 13.1. The summed E-state index contributed by atoms with van der Waals surface area (Å²) in [5.74, 6) is 0.0347. The molecule has 2 aromatic rings. The molecule has 0 unspecified atom stereocenters. The van der Waals surface area contributed by atoms with Gasteiger partial charge in [-0.25, -0.2) is 4.79 Å². The number of carbonyl (C=O) groups is 2. The van der Waals surface area contributed by atoms with Crippen molar-refractivity contribution in [3.63, 3.8) is 0 Å². The number of amides is 3. The highest BCUT2D eigenvalue weighted by Gasteiger charge is 2.44. The predicted molar refractivity (Wildman–Crippen MR) is 116 cm³/mol. The molecule has 1 aromatic heterocycles. The summed E-state index contributed by atoms with van der Waals surface area (Å²) in [4.78, 5) is 30.8. The van der Waals surface area contributed by atoms with Gasteiger partial charge in [-0.1, -0.05) is 30.3 Å². The third-order valence-corrected chi connectivity index (χ3v) is 8.01. The molecule has 5 rings (SSSR count). The van der Waals surface area contributed by atoms with Crippen LogP contribution in [0.1, 0.15) is 36.1 Å². The fourth-order valence-corrected chi connectivity index (χ4v) is 6.40. The van der Waals surface area contributed by atoms with Gasteiger partial charge in [-0.15, -0.1) is 11.3 Å². The third-order valence-electron chi connectivity index (χ3n) is 6.77. The van der Waals surface area contributed by atoms with Crippen molar-refractivity contribution < 1.29 is 14.3 Å². The number of urea groups is 1. The van der Waals surface area contributed by atoms with Crippen LogP contribution >= 0.6 is 11.3 Å². The Morgan fingerprint density at radius 2 is 1.90 bits per heavy atom. The van der Waals surface area contributed by atoms with Crippen molar-refractivity contribution in [2.75, 3.05) is 26.2 Å². The zero-order valence-electron chi connectivity index (χ0n) is 17.0. The van der Waals surface area contributed by atoms with Gasteiger partial charge in [0.25, 0.3) is 0 Å². The van der Waals surface area contributed by atoms with E-state index < -0.39 is 12.1 Å². The Balaban J connectivity index is 1.34. The first-order chi connectivity index (χ1) is 14.6. The van der Waals surface area contributed by atoms with Gasteiger partial charge in [-0.3, -0.25) is 4.79 Å². The van der Waals surface area contributed by atoms with Gasteiger partial charge in [-0.05, 0) is 42.9 Å². The second-order valence-electron chi connectivity index (χ2n) is 8.42. The topological polar surface area (TPSA) is 75.9 Å². The molecule has 158 valence electrons.